The molecule has 5 nitrogen and oxygen atoms in total. The number of rotatable bonds is 6. The molecule has 3 atom stereocenters. The van der Waals surface area contributed by atoms with E-state index in [1.807, 2.05) is 17.9 Å². The molecule has 1 N–H and O–H groups in total. The van der Waals surface area contributed by atoms with Crippen molar-refractivity contribution in [3.63, 3.8) is 0 Å². The monoisotopic (exact) mass is 573 g/mol. The third-order valence-corrected chi connectivity index (χ3v) is 8.95. The lowest BCUT2D eigenvalue weighted by Crippen LogP contribution is -2.44. The zero-order valence-corrected chi connectivity index (χ0v) is 25.2. The highest BCUT2D eigenvalue weighted by Gasteiger charge is 2.44. The summed E-state index contributed by atoms with van der Waals surface area (Å²) < 4.78 is 29.7. The number of halogens is 3. The molecule has 0 bridgehead atoms. The van der Waals surface area contributed by atoms with E-state index in [9.17, 15) is 14.0 Å². The number of carbonyl (C=O) groups is 2. The van der Waals surface area contributed by atoms with Crippen molar-refractivity contribution in [2.45, 2.75) is 84.2 Å². The van der Waals surface area contributed by atoms with Gasteiger partial charge in [0.25, 0.3) is 0 Å². The van der Waals surface area contributed by atoms with Gasteiger partial charge >= 0.3 is 0 Å². The molecule has 0 aromatic heterocycles. The maximum Gasteiger partial charge on any atom is 0.227 e. The second kappa shape index (κ2) is 12.2. The minimum absolute atomic E-state index is 0.0599. The van der Waals surface area contributed by atoms with Crippen LogP contribution in [0, 0.1) is 24.5 Å². The van der Waals surface area contributed by atoms with Gasteiger partial charge in [-0.15, -0.1) is 0 Å². The van der Waals surface area contributed by atoms with Crippen LogP contribution in [0.15, 0.2) is 30.3 Å². The fourth-order valence-electron chi connectivity index (χ4n) is 6.38. The Balaban J connectivity index is 1.55. The zero-order chi connectivity index (χ0) is 29.4. The van der Waals surface area contributed by atoms with Crippen LogP contribution in [0.1, 0.15) is 94.0 Å². The van der Waals surface area contributed by atoms with Crippen molar-refractivity contribution in [3.05, 3.63) is 69.2 Å². The van der Waals surface area contributed by atoms with Crippen LogP contribution in [-0.2, 0) is 9.59 Å². The first kappa shape index (κ1) is 30.4. The van der Waals surface area contributed by atoms with Gasteiger partial charge in [0, 0.05) is 49.6 Å². The molecule has 2 heterocycles. The first-order valence-electron chi connectivity index (χ1n) is 14.4. The van der Waals surface area contributed by atoms with Gasteiger partial charge in [-0.25, -0.2) is 8.78 Å². The molecule has 0 aliphatic carbocycles. The van der Waals surface area contributed by atoms with Crippen LogP contribution >= 0.6 is 11.6 Å². The van der Waals surface area contributed by atoms with E-state index >= 15 is 4.39 Å². The number of benzene rings is 2. The van der Waals surface area contributed by atoms with Gasteiger partial charge in [-0.2, -0.15) is 0 Å². The summed E-state index contributed by atoms with van der Waals surface area (Å²) in [5, 5.41) is 3.31. The molecule has 2 amide bonds. The van der Waals surface area contributed by atoms with Crippen LogP contribution in [0.5, 0.6) is 0 Å². The number of nitrogens with one attached hydrogen (secondary N) is 1. The van der Waals surface area contributed by atoms with Crippen LogP contribution in [0.3, 0.4) is 0 Å². The van der Waals surface area contributed by atoms with Crippen LogP contribution in [-0.4, -0.2) is 53.3 Å². The van der Waals surface area contributed by atoms with Gasteiger partial charge in [0.15, 0.2) is 0 Å². The summed E-state index contributed by atoms with van der Waals surface area (Å²) in [6, 6.07) is 7.96. The van der Waals surface area contributed by atoms with Crippen LogP contribution in [0.25, 0.3) is 0 Å². The summed E-state index contributed by atoms with van der Waals surface area (Å²) in [7, 11) is 0. The van der Waals surface area contributed by atoms with Crippen molar-refractivity contribution in [1.82, 2.24) is 15.1 Å². The van der Waals surface area contributed by atoms with Crippen LogP contribution in [0.2, 0.25) is 5.02 Å². The third-order valence-electron chi connectivity index (χ3n) is 8.72. The standard InChI is InChI=1S/C32H42ClF2N3O2/c1-7-30(36-20(3)39)25-16-28(34)19(2)14-24(25)21-10-12-37(13-11-21)31(40)27-18-38(32(4,5)6)17-26(27)23-9-8-22(33)15-29(23)35/h8-9,14-16,21,26-27,30H,7,10-13,17-18H2,1-6H3,(H,36,39)/t26-,27?,30+/m0/s1. The Kier molecular flexibility index (Phi) is 9.25. The van der Waals surface area contributed by atoms with Gasteiger partial charge in [0.05, 0.1) is 12.0 Å². The molecule has 218 valence electrons. The molecule has 0 spiro atoms. The van der Waals surface area contributed by atoms with Gasteiger partial charge in [0.2, 0.25) is 11.8 Å². The molecule has 2 aliphatic heterocycles. The highest BCUT2D eigenvalue weighted by Crippen LogP contribution is 2.41. The zero-order valence-electron chi connectivity index (χ0n) is 24.5. The van der Waals surface area contributed by atoms with Crippen molar-refractivity contribution in [1.29, 1.82) is 0 Å². The number of nitrogens with zero attached hydrogens (tertiary/aromatic N) is 2. The van der Waals surface area contributed by atoms with E-state index in [1.165, 1.54) is 13.0 Å². The highest BCUT2D eigenvalue weighted by molar-refractivity contribution is 6.30. The van der Waals surface area contributed by atoms with E-state index < -0.39 is 0 Å². The predicted octanol–water partition coefficient (Wildman–Crippen LogP) is 6.73. The van der Waals surface area contributed by atoms with Crippen molar-refractivity contribution in [2.75, 3.05) is 26.2 Å². The first-order valence-corrected chi connectivity index (χ1v) is 14.7. The van der Waals surface area contributed by atoms with Crippen LogP contribution in [0.4, 0.5) is 8.78 Å². The quantitative estimate of drug-likeness (QED) is 0.417. The third kappa shape index (κ3) is 6.52. The Morgan fingerprint density at radius 2 is 1.73 bits per heavy atom. The fourth-order valence-corrected chi connectivity index (χ4v) is 6.54. The van der Waals surface area contributed by atoms with Gasteiger partial charge in [0.1, 0.15) is 11.6 Å². The number of amides is 2. The van der Waals surface area contributed by atoms with E-state index in [-0.39, 0.29) is 52.8 Å². The summed E-state index contributed by atoms with van der Waals surface area (Å²) in [6.45, 7) is 13.9. The molecular weight excluding hydrogens is 532 g/mol. The molecule has 1 unspecified atom stereocenters. The Hall–Kier alpha value is -2.51. The molecule has 2 saturated heterocycles. The first-order chi connectivity index (χ1) is 18.8. The van der Waals surface area contributed by atoms with Crippen molar-refractivity contribution in [3.8, 4) is 0 Å². The Labute approximate surface area is 242 Å². The minimum Gasteiger partial charge on any atom is -0.350 e. The average molecular weight is 574 g/mol. The largest absolute Gasteiger partial charge is 0.350 e. The summed E-state index contributed by atoms with van der Waals surface area (Å²) in [5.74, 6) is -1.18. The number of aryl methyl sites for hydroxylation is 1. The van der Waals surface area contributed by atoms with E-state index in [0.717, 1.165) is 24.0 Å². The Bertz CT molecular complexity index is 1250. The number of piperidine rings is 1. The normalized spacial score (nSPS) is 21.5. The van der Waals surface area contributed by atoms with Gasteiger partial charge < -0.3 is 10.2 Å². The number of hydrogen-bond acceptors (Lipinski definition) is 3. The molecule has 2 aromatic rings. The predicted molar refractivity (Wildman–Crippen MR) is 156 cm³/mol. The van der Waals surface area contributed by atoms with Gasteiger partial charge in [-0.05, 0) is 93.3 Å². The van der Waals surface area contributed by atoms with Gasteiger partial charge in [-0.3, -0.25) is 14.5 Å². The SMILES string of the molecule is CC[C@@H](NC(C)=O)c1cc(F)c(C)cc1C1CCN(C(=O)C2CN(C(C)(C)C)C[C@H]2c2ccc(Cl)cc2F)CC1. The van der Waals surface area contributed by atoms with Gasteiger partial charge in [-0.1, -0.05) is 30.7 Å². The van der Waals surface area contributed by atoms with E-state index in [0.29, 0.717) is 48.7 Å². The second-order valence-corrected chi connectivity index (χ2v) is 12.9. The van der Waals surface area contributed by atoms with Crippen LogP contribution < -0.4 is 5.32 Å². The lowest BCUT2D eigenvalue weighted by molar-refractivity contribution is -0.136. The molecule has 8 heteroatoms. The molecule has 0 radical (unpaired) electrons. The summed E-state index contributed by atoms with van der Waals surface area (Å²) in [4.78, 5) is 30.0. The molecule has 2 aliphatic rings. The molecule has 0 saturated carbocycles. The van der Waals surface area contributed by atoms with Crippen molar-refractivity contribution >= 4 is 23.4 Å². The average Bonchev–Trinajstić information content (AvgIpc) is 3.34. The Morgan fingerprint density at radius 1 is 1.05 bits per heavy atom. The number of carbonyl (C=O) groups excluding carboxylic acids is 2. The minimum atomic E-state index is -0.367. The highest BCUT2D eigenvalue weighted by atomic mass is 35.5. The summed E-state index contributed by atoms with van der Waals surface area (Å²) in [5.41, 5.74) is 2.84. The van der Waals surface area contributed by atoms with E-state index in [4.69, 9.17) is 11.6 Å². The Morgan fingerprint density at radius 3 is 2.30 bits per heavy atom. The smallest absolute Gasteiger partial charge is 0.227 e. The summed E-state index contributed by atoms with van der Waals surface area (Å²) >= 11 is 6.03. The summed E-state index contributed by atoms with van der Waals surface area (Å²) in [6.07, 6.45) is 2.15. The fraction of sp³-hybridized carbons (Fsp3) is 0.562. The molecular formula is C32H42ClF2N3O2. The number of hydrogen-bond donors (Lipinski definition) is 1. The lowest BCUT2D eigenvalue weighted by Gasteiger charge is -2.36. The van der Waals surface area contributed by atoms with E-state index in [2.05, 4.69) is 31.0 Å². The lowest BCUT2D eigenvalue weighted by atomic mass is 9.82. The molecule has 40 heavy (non-hydrogen) atoms. The van der Waals surface area contributed by atoms with Crippen molar-refractivity contribution in [2.24, 2.45) is 5.92 Å². The molecule has 4 rings (SSSR count). The molecule has 2 aromatic carbocycles. The maximum absolute atomic E-state index is 15.0. The molecule has 2 fully saturated rings. The topological polar surface area (TPSA) is 52.7 Å². The van der Waals surface area contributed by atoms with E-state index in [1.54, 1.807) is 25.1 Å². The second-order valence-electron chi connectivity index (χ2n) is 12.4. The van der Waals surface area contributed by atoms with Crippen molar-refractivity contribution < 1.29 is 18.4 Å². The number of likely N-dealkylation sites (tertiary alicyclic amines) is 2. The maximum atomic E-state index is 15.0.